The van der Waals surface area contributed by atoms with Gasteiger partial charge in [0.25, 0.3) is 5.56 Å². The lowest BCUT2D eigenvalue weighted by atomic mass is 10.2. The fourth-order valence-corrected chi connectivity index (χ4v) is 4.45. The molecule has 7 nitrogen and oxygen atoms in total. The van der Waals surface area contributed by atoms with Crippen molar-refractivity contribution in [2.24, 2.45) is 7.05 Å². The third-order valence-corrected chi connectivity index (χ3v) is 6.00. The van der Waals surface area contributed by atoms with Gasteiger partial charge in [-0.3, -0.25) is 14.2 Å². The molecule has 1 aromatic carbocycles. The molecule has 3 aromatic heterocycles. The minimum Gasteiger partial charge on any atom is -0.323 e. The van der Waals surface area contributed by atoms with Crippen molar-refractivity contribution in [2.45, 2.75) is 5.16 Å². The highest BCUT2D eigenvalue weighted by Gasteiger charge is 2.13. The van der Waals surface area contributed by atoms with Crippen LogP contribution in [0.5, 0.6) is 0 Å². The van der Waals surface area contributed by atoms with Crippen LogP contribution in [0, 0.1) is 0 Å². The number of nitrogens with one attached hydrogen (secondary N) is 1. The van der Waals surface area contributed by atoms with E-state index >= 15 is 0 Å². The number of anilines is 1. The monoisotopic (exact) mass is 389 g/mol. The molecule has 0 spiro atoms. The largest absolute Gasteiger partial charge is 0.323 e. The number of carbonyl (C=O) groups is 1. The Morgan fingerprint density at radius 1 is 1.28 bits per heavy atom. The first-order valence-corrected chi connectivity index (χ1v) is 9.81. The molecule has 0 atom stereocenters. The van der Waals surface area contributed by atoms with Gasteiger partial charge in [-0.1, -0.05) is 17.8 Å². The van der Waals surface area contributed by atoms with Crippen molar-refractivity contribution in [3.63, 3.8) is 0 Å². The first kappa shape index (κ1) is 16.2. The Morgan fingerprint density at radius 3 is 3.04 bits per heavy atom. The smallest absolute Gasteiger partial charge is 0.271 e. The summed E-state index contributed by atoms with van der Waals surface area (Å²) in [7, 11) is 1.66. The van der Waals surface area contributed by atoms with Crippen molar-refractivity contribution >= 4 is 67.7 Å². The Hall–Kier alpha value is -2.30. The van der Waals surface area contributed by atoms with E-state index in [-0.39, 0.29) is 17.2 Å². The SMILES string of the molecule is Cn1c(SCC(=O)Nc2cccc3nsnc23)nc2ccsc2c1=O. The highest BCUT2D eigenvalue weighted by molar-refractivity contribution is 7.99. The molecule has 0 radical (unpaired) electrons. The molecule has 0 aliphatic carbocycles. The maximum atomic E-state index is 12.3. The van der Waals surface area contributed by atoms with Gasteiger partial charge in [0.1, 0.15) is 15.7 Å². The molecule has 4 rings (SSSR count). The summed E-state index contributed by atoms with van der Waals surface area (Å²) in [6.07, 6.45) is 0. The van der Waals surface area contributed by atoms with Crippen LogP contribution in [0.1, 0.15) is 0 Å². The number of thiophene rings is 1. The number of fused-ring (bicyclic) bond motifs is 2. The second-order valence-electron chi connectivity index (χ2n) is 5.17. The number of nitrogens with zero attached hydrogens (tertiary/aromatic N) is 4. The fraction of sp³-hybridized carbons (Fsp3) is 0.133. The summed E-state index contributed by atoms with van der Waals surface area (Å²) in [6, 6.07) is 7.26. The average molecular weight is 389 g/mol. The van der Waals surface area contributed by atoms with Gasteiger partial charge in [-0.05, 0) is 23.6 Å². The quantitative estimate of drug-likeness (QED) is 0.426. The first-order chi connectivity index (χ1) is 12.1. The van der Waals surface area contributed by atoms with Crippen LogP contribution in [-0.4, -0.2) is 30.0 Å². The van der Waals surface area contributed by atoms with E-state index in [0.29, 0.717) is 26.6 Å². The molecular formula is C15H11N5O2S3. The van der Waals surface area contributed by atoms with Gasteiger partial charge in [0.2, 0.25) is 5.91 Å². The van der Waals surface area contributed by atoms with Crippen molar-refractivity contribution < 1.29 is 4.79 Å². The second-order valence-corrected chi connectivity index (χ2v) is 7.55. The zero-order chi connectivity index (χ0) is 17.4. The maximum absolute atomic E-state index is 12.3. The maximum Gasteiger partial charge on any atom is 0.271 e. The number of amides is 1. The molecule has 0 aliphatic heterocycles. The third kappa shape index (κ3) is 3.03. The molecule has 0 fully saturated rings. The zero-order valence-electron chi connectivity index (χ0n) is 12.9. The summed E-state index contributed by atoms with van der Waals surface area (Å²) in [5.74, 6) is -0.0469. The van der Waals surface area contributed by atoms with Crippen LogP contribution in [0.4, 0.5) is 5.69 Å². The second kappa shape index (κ2) is 6.54. The number of carbonyl (C=O) groups excluding carboxylic acids is 1. The van der Waals surface area contributed by atoms with Gasteiger partial charge in [0.05, 0.1) is 28.7 Å². The molecule has 10 heteroatoms. The van der Waals surface area contributed by atoms with E-state index in [9.17, 15) is 9.59 Å². The van der Waals surface area contributed by atoms with Crippen LogP contribution in [0.15, 0.2) is 39.6 Å². The number of rotatable bonds is 4. The van der Waals surface area contributed by atoms with Crippen molar-refractivity contribution in [2.75, 3.05) is 11.1 Å². The number of thioether (sulfide) groups is 1. The van der Waals surface area contributed by atoms with Crippen LogP contribution in [0.25, 0.3) is 21.3 Å². The molecule has 0 bridgehead atoms. The van der Waals surface area contributed by atoms with E-state index in [0.717, 1.165) is 17.2 Å². The molecule has 0 saturated heterocycles. The molecule has 0 saturated carbocycles. The minimum atomic E-state index is -0.190. The highest BCUT2D eigenvalue weighted by Crippen LogP contribution is 2.23. The van der Waals surface area contributed by atoms with Gasteiger partial charge >= 0.3 is 0 Å². The molecule has 0 aliphatic rings. The van der Waals surface area contributed by atoms with E-state index in [1.54, 1.807) is 13.1 Å². The Labute approximate surface area is 154 Å². The van der Waals surface area contributed by atoms with Crippen LogP contribution < -0.4 is 10.9 Å². The zero-order valence-corrected chi connectivity index (χ0v) is 15.4. The van der Waals surface area contributed by atoms with E-state index in [4.69, 9.17) is 0 Å². The number of aromatic nitrogens is 4. The number of benzene rings is 1. The molecule has 25 heavy (non-hydrogen) atoms. The molecule has 0 unspecified atom stereocenters. The lowest BCUT2D eigenvalue weighted by Gasteiger charge is -2.08. The lowest BCUT2D eigenvalue weighted by molar-refractivity contribution is -0.113. The van der Waals surface area contributed by atoms with E-state index in [2.05, 4.69) is 19.0 Å². The van der Waals surface area contributed by atoms with Crippen molar-refractivity contribution in [1.29, 1.82) is 0 Å². The molecule has 4 aromatic rings. The predicted octanol–water partition coefficient (Wildman–Crippen LogP) is 2.73. The minimum absolute atomic E-state index is 0.0961. The number of hydrogen-bond acceptors (Lipinski definition) is 8. The van der Waals surface area contributed by atoms with E-state index < -0.39 is 0 Å². The standard InChI is InChI=1S/C15H11N5O2S3/c1-20-14(22)13-10(5-6-23-13)17-15(20)24-7-11(21)16-8-3-2-4-9-12(8)19-25-18-9/h2-6H,7H2,1H3,(H,16,21). The molecule has 1 amide bonds. The first-order valence-electron chi connectivity index (χ1n) is 7.21. The summed E-state index contributed by atoms with van der Waals surface area (Å²) in [5.41, 5.74) is 2.63. The third-order valence-electron chi connectivity index (χ3n) is 3.54. The Balaban J connectivity index is 1.51. The van der Waals surface area contributed by atoms with Crippen molar-refractivity contribution in [3.8, 4) is 0 Å². The van der Waals surface area contributed by atoms with Gasteiger partial charge in [0.15, 0.2) is 5.16 Å². The van der Waals surface area contributed by atoms with Crippen molar-refractivity contribution in [1.82, 2.24) is 18.3 Å². The van der Waals surface area contributed by atoms with Gasteiger partial charge in [0, 0.05) is 7.05 Å². The van der Waals surface area contributed by atoms with E-state index in [1.165, 1.54) is 27.7 Å². The van der Waals surface area contributed by atoms with Crippen molar-refractivity contribution in [3.05, 3.63) is 40.0 Å². The molecule has 126 valence electrons. The van der Waals surface area contributed by atoms with Crippen LogP contribution in [0.3, 0.4) is 0 Å². The van der Waals surface area contributed by atoms with Crippen LogP contribution in [0.2, 0.25) is 0 Å². The fourth-order valence-electron chi connectivity index (χ4n) is 2.32. The predicted molar refractivity (Wildman–Crippen MR) is 102 cm³/mol. The summed E-state index contributed by atoms with van der Waals surface area (Å²) in [4.78, 5) is 29.0. The average Bonchev–Trinajstić information content (AvgIpc) is 3.26. The van der Waals surface area contributed by atoms with Gasteiger partial charge in [-0.15, -0.1) is 11.3 Å². The summed E-state index contributed by atoms with van der Waals surface area (Å²) in [6.45, 7) is 0. The summed E-state index contributed by atoms with van der Waals surface area (Å²) < 4.78 is 10.4. The Bertz CT molecular complexity index is 1150. The molecule has 1 N–H and O–H groups in total. The van der Waals surface area contributed by atoms with Gasteiger partial charge in [-0.2, -0.15) is 8.75 Å². The number of hydrogen-bond donors (Lipinski definition) is 1. The highest BCUT2D eigenvalue weighted by atomic mass is 32.2. The Morgan fingerprint density at radius 2 is 2.16 bits per heavy atom. The summed E-state index contributed by atoms with van der Waals surface area (Å²) >= 11 is 3.70. The lowest BCUT2D eigenvalue weighted by Crippen LogP contribution is -2.20. The molecule has 3 heterocycles. The Kier molecular flexibility index (Phi) is 4.24. The van der Waals surface area contributed by atoms with Gasteiger partial charge < -0.3 is 5.32 Å². The normalized spacial score (nSPS) is 11.2. The van der Waals surface area contributed by atoms with E-state index in [1.807, 2.05) is 23.6 Å². The van der Waals surface area contributed by atoms with Crippen LogP contribution in [-0.2, 0) is 11.8 Å². The topological polar surface area (TPSA) is 89.8 Å². The molecular weight excluding hydrogens is 378 g/mol. The van der Waals surface area contributed by atoms with Crippen LogP contribution >= 0.6 is 34.8 Å². The summed E-state index contributed by atoms with van der Waals surface area (Å²) in [5, 5.41) is 5.19. The van der Waals surface area contributed by atoms with Gasteiger partial charge in [-0.25, -0.2) is 4.98 Å².